The lowest BCUT2D eigenvalue weighted by Gasteiger charge is -2.23. The highest BCUT2D eigenvalue weighted by atomic mass is 32.2. The third-order valence-electron chi connectivity index (χ3n) is 5.01. The fraction of sp³-hybridized carbons (Fsp3) is 0.0741. The number of hydrogen-bond acceptors (Lipinski definition) is 6. The minimum absolute atomic E-state index is 0.0480. The van der Waals surface area contributed by atoms with Crippen LogP contribution >= 0.6 is 0 Å². The molecule has 0 aliphatic heterocycles. The molecule has 0 fully saturated rings. The van der Waals surface area contributed by atoms with E-state index in [0.29, 0.717) is 22.5 Å². The Kier molecular flexibility index (Phi) is 7.32. The van der Waals surface area contributed by atoms with Gasteiger partial charge in [-0.3, -0.25) is 5.43 Å². The Morgan fingerprint density at radius 3 is 1.97 bits per heavy atom. The van der Waals surface area contributed by atoms with Crippen molar-refractivity contribution in [2.45, 2.75) is 18.4 Å². The standard InChI is InChI=1S/C27H24N2O5S/c1-21-12-18-26(19-13-21)35(31,32)29(28-23-10-6-3-7-11-23)27(30)34-25-16-14-24(15-17-25)33-20-22-8-4-2-5-9-22/h2-19,28H,20H2,1H3. The first-order valence-electron chi connectivity index (χ1n) is 10.8. The van der Waals surface area contributed by atoms with Gasteiger partial charge in [0.1, 0.15) is 18.1 Å². The first kappa shape index (κ1) is 23.8. The van der Waals surface area contributed by atoms with E-state index in [-0.39, 0.29) is 10.6 Å². The SMILES string of the molecule is Cc1ccc(S(=O)(=O)N(Nc2ccccc2)C(=O)Oc2ccc(OCc3ccccc3)cc2)cc1. The van der Waals surface area contributed by atoms with E-state index in [0.717, 1.165) is 11.1 Å². The molecule has 0 unspecified atom stereocenters. The Balaban J connectivity index is 1.51. The van der Waals surface area contributed by atoms with Crippen LogP contribution in [0, 0.1) is 6.92 Å². The van der Waals surface area contributed by atoms with E-state index >= 15 is 0 Å². The Bertz CT molecular complexity index is 1360. The van der Waals surface area contributed by atoms with Crippen molar-refractivity contribution in [1.82, 2.24) is 4.41 Å². The highest BCUT2D eigenvalue weighted by Crippen LogP contribution is 2.23. The van der Waals surface area contributed by atoms with Crippen LogP contribution in [0.3, 0.4) is 0 Å². The maximum absolute atomic E-state index is 13.3. The third-order valence-corrected chi connectivity index (χ3v) is 6.60. The number of rotatable bonds is 8. The van der Waals surface area contributed by atoms with E-state index in [1.54, 1.807) is 54.6 Å². The fourth-order valence-electron chi connectivity index (χ4n) is 3.14. The molecule has 0 radical (unpaired) electrons. The van der Waals surface area contributed by atoms with Gasteiger partial charge in [0.2, 0.25) is 0 Å². The summed E-state index contributed by atoms with van der Waals surface area (Å²) >= 11 is 0. The average Bonchev–Trinajstić information content (AvgIpc) is 2.88. The number of hydrogen-bond donors (Lipinski definition) is 1. The fourth-order valence-corrected chi connectivity index (χ4v) is 4.29. The molecule has 0 spiro atoms. The van der Waals surface area contributed by atoms with Gasteiger partial charge in [0.05, 0.1) is 10.6 Å². The number of sulfonamides is 1. The zero-order valence-electron chi connectivity index (χ0n) is 19.0. The molecule has 35 heavy (non-hydrogen) atoms. The van der Waals surface area contributed by atoms with Crippen LogP contribution < -0.4 is 14.9 Å². The Hall–Kier alpha value is -4.30. The minimum Gasteiger partial charge on any atom is -0.489 e. The first-order valence-corrected chi connectivity index (χ1v) is 12.3. The summed E-state index contributed by atoms with van der Waals surface area (Å²) < 4.78 is 38.2. The number of carbonyl (C=O) groups is 1. The molecule has 4 aromatic rings. The zero-order chi connectivity index (χ0) is 24.7. The Morgan fingerprint density at radius 1 is 0.771 bits per heavy atom. The number of aryl methyl sites for hydroxylation is 1. The van der Waals surface area contributed by atoms with Crippen LogP contribution in [-0.2, 0) is 16.6 Å². The summed E-state index contributed by atoms with van der Waals surface area (Å²) in [6.07, 6.45) is -1.10. The monoisotopic (exact) mass is 488 g/mol. The molecule has 0 aliphatic rings. The van der Waals surface area contributed by atoms with Gasteiger partial charge in [0.15, 0.2) is 0 Å². The van der Waals surface area contributed by atoms with Crippen LogP contribution in [0.2, 0.25) is 0 Å². The van der Waals surface area contributed by atoms with Gasteiger partial charge in [-0.25, -0.2) is 4.79 Å². The van der Waals surface area contributed by atoms with Crippen molar-refractivity contribution in [2.24, 2.45) is 0 Å². The van der Waals surface area contributed by atoms with Gasteiger partial charge in [-0.2, -0.15) is 8.42 Å². The molecule has 0 aliphatic carbocycles. The summed E-state index contributed by atoms with van der Waals surface area (Å²) in [7, 11) is -4.26. The molecule has 1 N–H and O–H groups in total. The lowest BCUT2D eigenvalue weighted by Crippen LogP contribution is -2.43. The smallest absolute Gasteiger partial charge is 0.449 e. The highest BCUT2D eigenvalue weighted by Gasteiger charge is 2.32. The van der Waals surface area contributed by atoms with Crippen LogP contribution in [0.5, 0.6) is 11.5 Å². The Morgan fingerprint density at radius 2 is 1.34 bits per heavy atom. The molecule has 0 saturated carbocycles. The van der Waals surface area contributed by atoms with Crippen molar-refractivity contribution in [2.75, 3.05) is 5.43 Å². The average molecular weight is 489 g/mol. The molecule has 178 valence electrons. The number of carbonyl (C=O) groups excluding carboxylic acids is 1. The second-order valence-electron chi connectivity index (χ2n) is 7.67. The van der Waals surface area contributed by atoms with E-state index in [1.807, 2.05) is 37.3 Å². The first-order chi connectivity index (χ1) is 16.9. The number of amides is 1. The predicted octanol–water partition coefficient (Wildman–Crippen LogP) is 5.79. The second-order valence-corrected chi connectivity index (χ2v) is 9.46. The van der Waals surface area contributed by atoms with Gasteiger partial charge >= 0.3 is 6.09 Å². The maximum Gasteiger partial charge on any atom is 0.449 e. The third kappa shape index (κ3) is 6.18. The highest BCUT2D eigenvalue weighted by molar-refractivity contribution is 7.89. The summed E-state index contributed by atoms with van der Waals surface area (Å²) in [4.78, 5) is 13.0. The predicted molar refractivity (Wildman–Crippen MR) is 134 cm³/mol. The van der Waals surface area contributed by atoms with Crippen molar-refractivity contribution in [3.8, 4) is 11.5 Å². The topological polar surface area (TPSA) is 84.9 Å². The van der Waals surface area contributed by atoms with Gasteiger partial charge < -0.3 is 9.47 Å². The number of hydrazine groups is 1. The number of nitrogens with zero attached hydrogens (tertiary/aromatic N) is 1. The van der Waals surface area contributed by atoms with E-state index < -0.39 is 16.1 Å². The maximum atomic E-state index is 13.3. The van der Waals surface area contributed by atoms with Gasteiger partial charge in [-0.1, -0.05) is 66.2 Å². The molecule has 4 rings (SSSR count). The molecule has 0 heterocycles. The minimum atomic E-state index is -4.26. The van der Waals surface area contributed by atoms with E-state index in [1.165, 1.54) is 24.3 Å². The van der Waals surface area contributed by atoms with Crippen LogP contribution in [0.4, 0.5) is 10.5 Å². The molecule has 8 heteroatoms. The molecule has 0 saturated heterocycles. The van der Waals surface area contributed by atoms with Crippen molar-refractivity contribution in [1.29, 1.82) is 0 Å². The number of benzene rings is 4. The summed E-state index contributed by atoms with van der Waals surface area (Å²) in [6.45, 7) is 2.24. The van der Waals surface area contributed by atoms with Crippen LogP contribution in [0.15, 0.2) is 114 Å². The molecule has 1 amide bonds. The summed E-state index contributed by atoms with van der Waals surface area (Å²) in [6, 6.07) is 30.8. The lowest BCUT2D eigenvalue weighted by molar-refractivity contribution is 0.184. The molecular formula is C27H24N2O5S. The quantitative estimate of drug-likeness (QED) is 0.316. The largest absolute Gasteiger partial charge is 0.489 e. The number of ether oxygens (including phenoxy) is 2. The summed E-state index contributed by atoms with van der Waals surface area (Å²) in [5, 5.41) is 0. The molecule has 7 nitrogen and oxygen atoms in total. The van der Waals surface area contributed by atoms with Gasteiger partial charge in [0, 0.05) is 0 Å². The zero-order valence-corrected chi connectivity index (χ0v) is 19.8. The molecule has 4 aromatic carbocycles. The second kappa shape index (κ2) is 10.8. The number of nitrogens with one attached hydrogen (secondary N) is 1. The number of anilines is 1. The molecular weight excluding hydrogens is 464 g/mol. The Labute approximate surface area is 204 Å². The van der Waals surface area contributed by atoms with E-state index in [4.69, 9.17) is 9.47 Å². The van der Waals surface area contributed by atoms with Gasteiger partial charge in [-0.05, 0) is 61.0 Å². The van der Waals surface area contributed by atoms with Gasteiger partial charge in [-0.15, -0.1) is 4.41 Å². The molecule has 0 bridgehead atoms. The molecule has 0 atom stereocenters. The van der Waals surface area contributed by atoms with E-state index in [2.05, 4.69) is 5.43 Å². The lowest BCUT2D eigenvalue weighted by atomic mass is 10.2. The van der Waals surface area contributed by atoms with Crippen molar-refractivity contribution in [3.63, 3.8) is 0 Å². The van der Waals surface area contributed by atoms with Crippen molar-refractivity contribution < 1.29 is 22.7 Å². The summed E-state index contributed by atoms with van der Waals surface area (Å²) in [5.74, 6) is 0.751. The van der Waals surface area contributed by atoms with Crippen molar-refractivity contribution in [3.05, 3.63) is 120 Å². The number of para-hydroxylation sites is 1. The summed E-state index contributed by atoms with van der Waals surface area (Å²) in [5.41, 5.74) is 4.97. The molecule has 0 aromatic heterocycles. The van der Waals surface area contributed by atoms with Crippen LogP contribution in [0.1, 0.15) is 11.1 Å². The normalized spacial score (nSPS) is 10.9. The van der Waals surface area contributed by atoms with E-state index in [9.17, 15) is 13.2 Å². The van der Waals surface area contributed by atoms with Crippen molar-refractivity contribution >= 4 is 21.8 Å². The van der Waals surface area contributed by atoms with Crippen LogP contribution in [0.25, 0.3) is 0 Å². The van der Waals surface area contributed by atoms with Gasteiger partial charge in [0.25, 0.3) is 10.0 Å². The van der Waals surface area contributed by atoms with Crippen LogP contribution in [-0.4, -0.2) is 18.9 Å².